The number of hydrogen-bond acceptors (Lipinski definition) is 15. The number of aryl methyl sites for hydroxylation is 1. The molecule has 8 rings (SSSR count). The summed E-state index contributed by atoms with van der Waals surface area (Å²) in [4.78, 5) is 64.5. The van der Waals surface area contributed by atoms with Crippen molar-refractivity contribution in [3.8, 4) is 11.4 Å². The molecule has 1 aromatic heterocycles. The van der Waals surface area contributed by atoms with E-state index in [0.717, 1.165) is 70.3 Å². The van der Waals surface area contributed by atoms with Gasteiger partial charge in [0, 0.05) is 105 Å². The third kappa shape index (κ3) is 16.2. The highest BCUT2D eigenvalue weighted by molar-refractivity contribution is 6.01. The van der Waals surface area contributed by atoms with Crippen molar-refractivity contribution >= 4 is 41.0 Å². The molecule has 0 spiro atoms. The minimum absolute atomic E-state index is 0.000259. The number of anilines is 4. The fourth-order valence-electron chi connectivity index (χ4n) is 9.27. The van der Waals surface area contributed by atoms with Gasteiger partial charge in [-0.3, -0.25) is 14.5 Å². The maximum atomic E-state index is 14.8. The molecule has 3 aliphatic rings. The molecule has 0 aliphatic carbocycles. The predicted molar refractivity (Wildman–Crippen MR) is 287 cm³/mol. The summed E-state index contributed by atoms with van der Waals surface area (Å²) >= 11 is 0. The van der Waals surface area contributed by atoms with E-state index in [9.17, 15) is 27.6 Å². The van der Waals surface area contributed by atoms with Gasteiger partial charge >= 0.3 is 6.03 Å². The molecule has 0 saturated carbocycles. The summed E-state index contributed by atoms with van der Waals surface area (Å²) in [5.74, 6) is -1.69. The smallest absolute Gasteiger partial charge is 0.323 e. The number of aromatic nitrogens is 3. The first-order valence-corrected chi connectivity index (χ1v) is 26.2. The number of piperazine rings is 1. The molecule has 3 amide bonds. The van der Waals surface area contributed by atoms with Gasteiger partial charge in [0.25, 0.3) is 5.91 Å². The van der Waals surface area contributed by atoms with Crippen molar-refractivity contribution in [3.63, 3.8) is 0 Å². The third-order valence-electron chi connectivity index (χ3n) is 13.8. The molecule has 3 saturated heterocycles. The summed E-state index contributed by atoms with van der Waals surface area (Å²) in [7, 11) is 4.15. The van der Waals surface area contributed by atoms with Gasteiger partial charge in [0.2, 0.25) is 11.9 Å². The van der Waals surface area contributed by atoms with Gasteiger partial charge < -0.3 is 53.9 Å². The number of ketones is 1. The molecule has 18 nitrogen and oxygen atoms in total. The number of Topliss-reactive ketones (excluding diaryl/α,β-unsaturated/α-hetero) is 1. The van der Waals surface area contributed by atoms with Gasteiger partial charge in [0.1, 0.15) is 12.4 Å². The Hall–Kier alpha value is -6.59. The molecule has 3 aliphatic heterocycles. The summed E-state index contributed by atoms with van der Waals surface area (Å²) in [6.45, 7) is 11.4. The normalized spacial score (nSPS) is 15.5. The lowest BCUT2D eigenvalue weighted by Crippen LogP contribution is -2.48. The Balaban J connectivity index is 0.710. The summed E-state index contributed by atoms with van der Waals surface area (Å²) in [6.07, 6.45) is 1.62. The van der Waals surface area contributed by atoms with Crippen molar-refractivity contribution in [1.29, 1.82) is 0 Å². The fraction of sp³-hybridized carbons (Fsp3) is 0.464. The van der Waals surface area contributed by atoms with Crippen molar-refractivity contribution < 1.29 is 51.2 Å². The molecule has 0 atom stereocenters. The van der Waals surface area contributed by atoms with Crippen molar-refractivity contribution in [2.45, 2.75) is 32.2 Å². The van der Waals surface area contributed by atoms with Crippen molar-refractivity contribution in [1.82, 2.24) is 29.7 Å². The van der Waals surface area contributed by atoms with Crippen LogP contribution in [0.4, 0.5) is 41.2 Å². The van der Waals surface area contributed by atoms with Crippen LogP contribution in [0.5, 0.6) is 0 Å². The standard InChI is InChI=1S/C56H69F3N10O8/c1-39-4-5-42(49(58)36-39)37-47-46(14-15-48(57)51(47)59)50(70)38-77-35-34-76-33-32-75-31-30-74-27-24-66-20-22-68(23-21-66)54-62-52(63-55(64-54)69-25-28-73-29-26-69)40-6-10-43(11-7-40)60-56(72)61-44-12-8-41(9-13-44)53(71)67-18-16-45(17-19-67)65(2)3/h4-15,36,45H,16-35,37-38H2,1-3H3,(H2,60,61,72). The summed E-state index contributed by atoms with van der Waals surface area (Å²) in [6, 6.07) is 21.0. The molecule has 0 bridgehead atoms. The average Bonchev–Trinajstić information content (AvgIpc) is 3.45. The Bertz CT molecular complexity index is 2740. The lowest BCUT2D eigenvalue weighted by atomic mass is 9.95. The van der Waals surface area contributed by atoms with Crippen LogP contribution in [0.25, 0.3) is 11.4 Å². The number of urea groups is 1. The SMILES string of the molecule is Cc1ccc(Cc2c(C(=O)COCCOCCOCCOCCN3CCN(c4nc(-c5ccc(NC(=O)Nc6ccc(C(=O)N7CCC(N(C)C)CC7)cc6)cc5)nc(N5CCOCC5)n4)CC3)ccc(F)c2F)c(F)c1. The van der Waals surface area contributed by atoms with E-state index >= 15 is 0 Å². The molecule has 5 aromatic rings. The molecule has 0 radical (unpaired) electrons. The van der Waals surface area contributed by atoms with E-state index in [4.69, 9.17) is 38.6 Å². The number of nitrogens with one attached hydrogen (secondary N) is 2. The zero-order valence-corrected chi connectivity index (χ0v) is 44.1. The zero-order chi connectivity index (χ0) is 54.1. The van der Waals surface area contributed by atoms with E-state index in [1.165, 1.54) is 18.2 Å². The number of halogens is 3. The third-order valence-corrected chi connectivity index (χ3v) is 13.8. The first kappa shape index (κ1) is 56.6. The van der Waals surface area contributed by atoms with Gasteiger partial charge in [-0.2, -0.15) is 15.0 Å². The Morgan fingerprint density at radius 3 is 1.86 bits per heavy atom. The van der Waals surface area contributed by atoms with Crippen LogP contribution in [0.2, 0.25) is 0 Å². The molecular formula is C56H69F3N10O8. The molecular weight excluding hydrogens is 998 g/mol. The second-order valence-electron chi connectivity index (χ2n) is 19.4. The number of benzene rings is 4. The molecule has 77 heavy (non-hydrogen) atoms. The van der Waals surface area contributed by atoms with Gasteiger partial charge in [-0.15, -0.1) is 0 Å². The van der Waals surface area contributed by atoms with Crippen LogP contribution in [0.1, 0.15) is 50.2 Å². The minimum Gasteiger partial charge on any atom is -0.378 e. The van der Waals surface area contributed by atoms with Crippen LogP contribution in [0, 0.1) is 24.4 Å². The van der Waals surface area contributed by atoms with E-state index in [1.807, 2.05) is 29.2 Å². The first-order chi connectivity index (χ1) is 37.4. The van der Waals surface area contributed by atoms with Crippen LogP contribution < -0.4 is 20.4 Å². The summed E-state index contributed by atoms with van der Waals surface area (Å²) < 4.78 is 71.5. The number of morpholine rings is 1. The van der Waals surface area contributed by atoms with E-state index in [-0.39, 0.29) is 48.8 Å². The monoisotopic (exact) mass is 1070 g/mol. The summed E-state index contributed by atoms with van der Waals surface area (Å²) in [5, 5.41) is 5.74. The predicted octanol–water partition coefficient (Wildman–Crippen LogP) is 6.57. The molecule has 4 heterocycles. The number of piperidine rings is 1. The lowest BCUT2D eigenvalue weighted by molar-refractivity contribution is -0.00288. The molecule has 21 heteroatoms. The highest BCUT2D eigenvalue weighted by Crippen LogP contribution is 2.27. The number of ether oxygens (including phenoxy) is 5. The highest BCUT2D eigenvalue weighted by Gasteiger charge is 2.26. The topological polar surface area (TPSA) is 176 Å². The Labute approximate surface area is 447 Å². The van der Waals surface area contributed by atoms with Crippen LogP contribution in [-0.2, 0) is 30.1 Å². The minimum atomic E-state index is -1.19. The van der Waals surface area contributed by atoms with E-state index in [0.29, 0.717) is 106 Å². The molecule has 412 valence electrons. The van der Waals surface area contributed by atoms with Crippen LogP contribution in [-0.4, -0.2) is 192 Å². The second-order valence-corrected chi connectivity index (χ2v) is 19.4. The van der Waals surface area contributed by atoms with Gasteiger partial charge in [0.15, 0.2) is 23.2 Å². The first-order valence-electron chi connectivity index (χ1n) is 26.2. The summed E-state index contributed by atoms with van der Waals surface area (Å²) in [5.41, 5.74) is 3.09. The molecule has 0 unspecified atom stereocenters. The Kier molecular flexibility index (Phi) is 20.7. The van der Waals surface area contributed by atoms with Gasteiger partial charge in [0.05, 0.1) is 59.5 Å². The molecule has 2 N–H and O–H groups in total. The molecule has 3 fully saturated rings. The number of carbonyl (C=O) groups is 3. The number of nitrogens with zero attached hydrogens (tertiary/aromatic N) is 8. The Morgan fingerprint density at radius 2 is 1.25 bits per heavy atom. The number of likely N-dealkylation sites (tertiary alicyclic amines) is 1. The maximum Gasteiger partial charge on any atom is 0.323 e. The zero-order valence-electron chi connectivity index (χ0n) is 44.1. The fourth-order valence-corrected chi connectivity index (χ4v) is 9.27. The number of amides is 3. The van der Waals surface area contributed by atoms with E-state index in [1.54, 1.807) is 37.3 Å². The average molecular weight is 1070 g/mol. The second kappa shape index (κ2) is 28.2. The molecule has 4 aromatic carbocycles. The maximum absolute atomic E-state index is 14.8. The van der Waals surface area contributed by atoms with Crippen molar-refractivity contribution in [2.75, 3.05) is 160 Å². The number of rotatable bonds is 24. The number of hydrogen-bond donors (Lipinski definition) is 2. The van der Waals surface area contributed by atoms with Crippen LogP contribution >= 0.6 is 0 Å². The van der Waals surface area contributed by atoms with Gasteiger partial charge in [-0.1, -0.05) is 12.1 Å². The van der Waals surface area contributed by atoms with Gasteiger partial charge in [-0.25, -0.2) is 18.0 Å². The van der Waals surface area contributed by atoms with Crippen LogP contribution in [0.15, 0.2) is 78.9 Å². The van der Waals surface area contributed by atoms with Crippen molar-refractivity contribution in [2.24, 2.45) is 0 Å². The highest BCUT2D eigenvalue weighted by atomic mass is 19.2. The van der Waals surface area contributed by atoms with Crippen molar-refractivity contribution in [3.05, 3.63) is 124 Å². The lowest BCUT2D eigenvalue weighted by Gasteiger charge is -2.35. The quantitative estimate of drug-likeness (QED) is 0.0501. The van der Waals surface area contributed by atoms with Gasteiger partial charge in [-0.05, 0) is 112 Å². The number of carbonyl (C=O) groups excluding carboxylic acids is 3. The Morgan fingerprint density at radius 1 is 0.662 bits per heavy atom. The van der Waals surface area contributed by atoms with E-state index in [2.05, 4.69) is 44.3 Å². The van der Waals surface area contributed by atoms with Crippen LogP contribution in [0.3, 0.4) is 0 Å². The van der Waals surface area contributed by atoms with E-state index < -0.39 is 29.3 Å². The largest absolute Gasteiger partial charge is 0.378 e.